The number of aromatic nitrogens is 3. The Kier molecular flexibility index (Phi) is 5.37. The first-order chi connectivity index (χ1) is 10.1. The van der Waals surface area contributed by atoms with Crippen LogP contribution in [0.15, 0.2) is 18.5 Å². The lowest BCUT2D eigenvalue weighted by Gasteiger charge is -2.20. The number of halogens is 1. The molecule has 1 atom stereocenters. The molecule has 114 valence electrons. The third kappa shape index (κ3) is 3.44. The van der Waals surface area contributed by atoms with Gasteiger partial charge in [-0.25, -0.2) is 0 Å². The van der Waals surface area contributed by atoms with Gasteiger partial charge in [0, 0.05) is 31.4 Å². The van der Waals surface area contributed by atoms with Crippen molar-refractivity contribution in [3.63, 3.8) is 0 Å². The summed E-state index contributed by atoms with van der Waals surface area (Å²) in [6.07, 6.45) is 4.58. The van der Waals surface area contributed by atoms with Crippen LogP contribution in [0.5, 0.6) is 0 Å². The number of pyridine rings is 1. The lowest BCUT2D eigenvalue weighted by Crippen LogP contribution is -2.25. The fourth-order valence-corrected chi connectivity index (χ4v) is 2.88. The summed E-state index contributed by atoms with van der Waals surface area (Å²) in [6.45, 7) is 9.99. The number of hydrogen-bond donors (Lipinski definition) is 1. The maximum absolute atomic E-state index is 6.44. The van der Waals surface area contributed by atoms with Crippen molar-refractivity contribution in [2.24, 2.45) is 0 Å². The number of hydrogen-bond acceptors (Lipinski definition) is 3. The molecule has 0 bridgehead atoms. The molecule has 2 rings (SSSR count). The molecule has 2 aromatic rings. The summed E-state index contributed by atoms with van der Waals surface area (Å²) < 4.78 is 2.00. The van der Waals surface area contributed by atoms with Crippen molar-refractivity contribution >= 4 is 11.6 Å². The van der Waals surface area contributed by atoms with Gasteiger partial charge in [-0.05, 0) is 44.5 Å². The van der Waals surface area contributed by atoms with E-state index in [1.807, 2.05) is 24.0 Å². The van der Waals surface area contributed by atoms with E-state index in [0.29, 0.717) is 0 Å². The van der Waals surface area contributed by atoms with Gasteiger partial charge in [-0.3, -0.25) is 9.67 Å². The maximum Gasteiger partial charge on any atom is 0.0847 e. The van der Waals surface area contributed by atoms with E-state index in [2.05, 4.69) is 42.2 Å². The Morgan fingerprint density at radius 3 is 2.71 bits per heavy atom. The van der Waals surface area contributed by atoms with Gasteiger partial charge in [-0.15, -0.1) is 0 Å². The molecule has 21 heavy (non-hydrogen) atoms. The largest absolute Gasteiger partial charge is 0.310 e. The first-order valence-corrected chi connectivity index (χ1v) is 7.81. The molecular formula is C16H23ClN4. The monoisotopic (exact) mass is 306 g/mol. The zero-order chi connectivity index (χ0) is 15.4. The zero-order valence-corrected chi connectivity index (χ0v) is 13.9. The minimum Gasteiger partial charge on any atom is -0.310 e. The summed E-state index contributed by atoms with van der Waals surface area (Å²) in [4.78, 5) is 4.18. The highest BCUT2D eigenvalue weighted by Crippen LogP contribution is 2.27. The van der Waals surface area contributed by atoms with Crippen LogP contribution in [-0.4, -0.2) is 21.3 Å². The second-order valence-electron chi connectivity index (χ2n) is 5.21. The number of aryl methyl sites for hydroxylation is 3. The molecule has 2 heterocycles. The molecule has 0 spiro atoms. The predicted octanol–water partition coefficient (Wildman–Crippen LogP) is 3.46. The first kappa shape index (κ1) is 16.0. The average molecular weight is 307 g/mol. The van der Waals surface area contributed by atoms with E-state index in [1.165, 1.54) is 11.1 Å². The van der Waals surface area contributed by atoms with Crippen LogP contribution in [0.4, 0.5) is 0 Å². The summed E-state index contributed by atoms with van der Waals surface area (Å²) in [5.74, 6) is 0. The Labute approximate surface area is 131 Å². The molecule has 0 saturated heterocycles. The van der Waals surface area contributed by atoms with Gasteiger partial charge in [-0.2, -0.15) is 5.10 Å². The van der Waals surface area contributed by atoms with Crippen molar-refractivity contribution in [1.29, 1.82) is 0 Å². The fourth-order valence-electron chi connectivity index (χ4n) is 2.67. The van der Waals surface area contributed by atoms with Crippen LogP contribution in [-0.2, 0) is 13.0 Å². The molecule has 0 amide bonds. The van der Waals surface area contributed by atoms with Crippen molar-refractivity contribution in [3.8, 4) is 0 Å². The molecule has 0 aliphatic rings. The minimum atomic E-state index is 0.219. The molecule has 0 aromatic carbocycles. The molecule has 0 saturated carbocycles. The third-order valence-corrected chi connectivity index (χ3v) is 4.23. The number of nitrogens with one attached hydrogen (secondary N) is 1. The lowest BCUT2D eigenvalue weighted by atomic mass is 9.99. The standard InChI is InChI=1S/C16H23ClN4/c1-5-19-14(13-7-8-18-10-11(13)3)9-15-16(17)12(4)20-21(15)6-2/h7-8,10,14,19H,5-6,9H2,1-4H3. The fraction of sp³-hybridized carbons (Fsp3) is 0.500. The summed E-state index contributed by atoms with van der Waals surface area (Å²) in [6, 6.07) is 2.30. The Balaban J connectivity index is 2.35. The van der Waals surface area contributed by atoms with Crippen molar-refractivity contribution in [2.75, 3.05) is 6.54 Å². The molecular weight excluding hydrogens is 284 g/mol. The van der Waals surface area contributed by atoms with Gasteiger partial charge in [0.05, 0.1) is 16.4 Å². The van der Waals surface area contributed by atoms with E-state index in [0.717, 1.165) is 35.9 Å². The molecule has 0 aliphatic heterocycles. The Morgan fingerprint density at radius 1 is 1.33 bits per heavy atom. The molecule has 4 nitrogen and oxygen atoms in total. The van der Waals surface area contributed by atoms with Crippen molar-refractivity contribution in [2.45, 2.75) is 46.7 Å². The van der Waals surface area contributed by atoms with Crippen molar-refractivity contribution < 1.29 is 0 Å². The van der Waals surface area contributed by atoms with Gasteiger partial charge in [-0.1, -0.05) is 18.5 Å². The van der Waals surface area contributed by atoms with Crippen molar-refractivity contribution in [1.82, 2.24) is 20.1 Å². The van der Waals surface area contributed by atoms with E-state index in [1.54, 1.807) is 0 Å². The highest BCUT2D eigenvalue weighted by atomic mass is 35.5. The minimum absolute atomic E-state index is 0.219. The zero-order valence-electron chi connectivity index (χ0n) is 13.2. The first-order valence-electron chi connectivity index (χ1n) is 7.44. The normalized spacial score (nSPS) is 12.6. The van der Waals surface area contributed by atoms with Crippen LogP contribution in [0, 0.1) is 13.8 Å². The van der Waals surface area contributed by atoms with Crippen molar-refractivity contribution in [3.05, 3.63) is 46.0 Å². The van der Waals surface area contributed by atoms with Crippen LogP contribution in [0.25, 0.3) is 0 Å². The summed E-state index contributed by atoms with van der Waals surface area (Å²) in [5.41, 5.74) is 4.46. The van der Waals surface area contributed by atoms with E-state index < -0.39 is 0 Å². The Hall–Kier alpha value is -1.39. The van der Waals surface area contributed by atoms with E-state index in [9.17, 15) is 0 Å². The van der Waals surface area contributed by atoms with Crippen LogP contribution in [0.3, 0.4) is 0 Å². The smallest absolute Gasteiger partial charge is 0.0847 e. The van der Waals surface area contributed by atoms with E-state index in [-0.39, 0.29) is 6.04 Å². The molecule has 2 aromatic heterocycles. The predicted molar refractivity (Wildman–Crippen MR) is 86.7 cm³/mol. The van der Waals surface area contributed by atoms with Crippen LogP contribution >= 0.6 is 11.6 Å². The van der Waals surface area contributed by atoms with Crippen LogP contribution < -0.4 is 5.32 Å². The van der Waals surface area contributed by atoms with Gasteiger partial charge in [0.2, 0.25) is 0 Å². The highest BCUT2D eigenvalue weighted by Gasteiger charge is 2.19. The molecule has 0 aliphatic carbocycles. The number of likely N-dealkylation sites (N-methyl/N-ethyl adjacent to an activating group) is 1. The lowest BCUT2D eigenvalue weighted by molar-refractivity contribution is 0.514. The molecule has 0 fully saturated rings. The van der Waals surface area contributed by atoms with Gasteiger partial charge in [0.1, 0.15) is 0 Å². The van der Waals surface area contributed by atoms with Gasteiger partial charge >= 0.3 is 0 Å². The summed E-state index contributed by atoms with van der Waals surface area (Å²) in [7, 11) is 0. The van der Waals surface area contributed by atoms with Gasteiger partial charge < -0.3 is 5.32 Å². The highest BCUT2D eigenvalue weighted by molar-refractivity contribution is 6.31. The van der Waals surface area contributed by atoms with E-state index >= 15 is 0 Å². The average Bonchev–Trinajstić information content (AvgIpc) is 2.75. The second-order valence-corrected chi connectivity index (χ2v) is 5.59. The van der Waals surface area contributed by atoms with Crippen LogP contribution in [0.1, 0.15) is 42.4 Å². The number of rotatable bonds is 6. The Bertz CT molecular complexity index is 606. The van der Waals surface area contributed by atoms with E-state index in [4.69, 9.17) is 11.6 Å². The van der Waals surface area contributed by atoms with Gasteiger partial charge in [0.15, 0.2) is 0 Å². The third-order valence-electron chi connectivity index (χ3n) is 3.74. The molecule has 1 N–H and O–H groups in total. The maximum atomic E-state index is 6.44. The molecule has 0 radical (unpaired) electrons. The Morgan fingerprint density at radius 2 is 2.10 bits per heavy atom. The van der Waals surface area contributed by atoms with Gasteiger partial charge in [0.25, 0.3) is 0 Å². The van der Waals surface area contributed by atoms with Crippen LogP contribution in [0.2, 0.25) is 5.02 Å². The SMILES string of the molecule is CCNC(Cc1c(Cl)c(C)nn1CC)c1ccncc1C. The molecule has 1 unspecified atom stereocenters. The molecule has 5 heteroatoms. The number of nitrogens with zero attached hydrogens (tertiary/aromatic N) is 3. The quantitative estimate of drug-likeness (QED) is 0.888. The topological polar surface area (TPSA) is 42.7 Å². The second kappa shape index (κ2) is 7.05. The summed E-state index contributed by atoms with van der Waals surface area (Å²) >= 11 is 6.44. The summed E-state index contributed by atoms with van der Waals surface area (Å²) in [5, 5.41) is 8.83.